The Hall–Kier alpha value is -3.94. The van der Waals surface area contributed by atoms with Crippen molar-refractivity contribution in [3.05, 3.63) is 126 Å². The summed E-state index contributed by atoms with van der Waals surface area (Å²) in [5.41, 5.74) is 3.04. The molecule has 4 aromatic rings. The van der Waals surface area contributed by atoms with E-state index in [2.05, 4.69) is 10.3 Å². The zero-order valence-electron chi connectivity index (χ0n) is 19.6. The summed E-state index contributed by atoms with van der Waals surface area (Å²) < 4.78 is 7.34. The molecule has 0 fully saturated rings. The number of amides is 1. The summed E-state index contributed by atoms with van der Waals surface area (Å²) >= 11 is 7.44. The zero-order chi connectivity index (χ0) is 25.2. The minimum absolute atomic E-state index is 0.216. The van der Waals surface area contributed by atoms with Crippen molar-refractivity contribution in [1.82, 2.24) is 4.57 Å². The summed E-state index contributed by atoms with van der Waals surface area (Å²) in [6, 6.07) is 23.2. The maximum atomic E-state index is 13.7. The van der Waals surface area contributed by atoms with E-state index in [4.69, 9.17) is 16.3 Å². The first-order chi connectivity index (χ1) is 17.4. The molecule has 0 unspecified atom stereocenters. The number of rotatable bonds is 5. The van der Waals surface area contributed by atoms with Crippen LogP contribution in [0, 0.1) is 0 Å². The fraction of sp³-hybridized carbons (Fsp3) is 0.107. The van der Waals surface area contributed by atoms with E-state index in [1.807, 2.05) is 72.8 Å². The molecule has 1 aliphatic rings. The molecule has 0 radical (unpaired) electrons. The highest BCUT2D eigenvalue weighted by atomic mass is 35.5. The van der Waals surface area contributed by atoms with Crippen molar-refractivity contribution in [2.24, 2.45) is 4.99 Å². The van der Waals surface area contributed by atoms with Gasteiger partial charge in [-0.15, -0.1) is 0 Å². The van der Waals surface area contributed by atoms with Crippen molar-refractivity contribution in [1.29, 1.82) is 0 Å². The van der Waals surface area contributed by atoms with E-state index >= 15 is 0 Å². The van der Waals surface area contributed by atoms with Crippen LogP contribution in [-0.4, -0.2) is 17.6 Å². The molecule has 36 heavy (non-hydrogen) atoms. The molecule has 0 spiro atoms. The highest BCUT2D eigenvalue weighted by Gasteiger charge is 2.32. The van der Waals surface area contributed by atoms with Crippen LogP contribution in [0.25, 0.3) is 6.08 Å². The van der Waals surface area contributed by atoms with E-state index in [-0.39, 0.29) is 11.5 Å². The number of hydrogen-bond acceptors (Lipinski definition) is 5. The minimum Gasteiger partial charge on any atom is -0.497 e. The average molecular weight is 516 g/mol. The predicted octanol–water partition coefficient (Wildman–Crippen LogP) is 4.54. The average Bonchev–Trinajstić information content (AvgIpc) is 3.19. The number of methoxy groups -OCH3 is 1. The van der Waals surface area contributed by atoms with Crippen LogP contribution >= 0.6 is 22.9 Å². The van der Waals surface area contributed by atoms with Gasteiger partial charge in [-0.05, 0) is 60.5 Å². The number of fused-ring (bicyclic) bond motifs is 1. The summed E-state index contributed by atoms with van der Waals surface area (Å²) in [4.78, 5) is 32.4. The first-order valence-electron chi connectivity index (χ1n) is 11.2. The predicted molar refractivity (Wildman–Crippen MR) is 143 cm³/mol. The van der Waals surface area contributed by atoms with E-state index in [1.165, 1.54) is 11.3 Å². The number of para-hydroxylation sites is 1. The summed E-state index contributed by atoms with van der Waals surface area (Å²) in [6.07, 6.45) is 1.82. The summed E-state index contributed by atoms with van der Waals surface area (Å²) in [5, 5.41) is 3.52. The molecule has 180 valence electrons. The van der Waals surface area contributed by atoms with Crippen LogP contribution in [0.5, 0.6) is 5.75 Å². The quantitative estimate of drug-likeness (QED) is 0.424. The van der Waals surface area contributed by atoms with Gasteiger partial charge < -0.3 is 10.1 Å². The molecule has 1 amide bonds. The van der Waals surface area contributed by atoms with E-state index in [9.17, 15) is 9.59 Å². The monoisotopic (exact) mass is 515 g/mol. The van der Waals surface area contributed by atoms with Gasteiger partial charge in [0.05, 0.1) is 29.0 Å². The second-order valence-corrected chi connectivity index (χ2v) is 9.67. The van der Waals surface area contributed by atoms with Gasteiger partial charge in [0, 0.05) is 10.7 Å². The maximum absolute atomic E-state index is 13.7. The highest BCUT2D eigenvalue weighted by Crippen LogP contribution is 2.31. The molecule has 0 bridgehead atoms. The van der Waals surface area contributed by atoms with Gasteiger partial charge >= 0.3 is 0 Å². The van der Waals surface area contributed by atoms with Crippen LogP contribution < -0.4 is 24.9 Å². The van der Waals surface area contributed by atoms with Crippen molar-refractivity contribution >= 4 is 40.6 Å². The number of halogens is 1. The van der Waals surface area contributed by atoms with Crippen LogP contribution in [0.2, 0.25) is 5.02 Å². The van der Waals surface area contributed by atoms with Gasteiger partial charge in [-0.3, -0.25) is 14.2 Å². The van der Waals surface area contributed by atoms with E-state index < -0.39 is 6.04 Å². The molecular formula is C28H22ClN3O3S. The van der Waals surface area contributed by atoms with Crippen molar-refractivity contribution in [3.63, 3.8) is 0 Å². The zero-order valence-corrected chi connectivity index (χ0v) is 21.1. The molecule has 6 nitrogen and oxygen atoms in total. The first-order valence-corrected chi connectivity index (χ1v) is 12.4. The fourth-order valence-corrected chi connectivity index (χ4v) is 5.32. The van der Waals surface area contributed by atoms with Crippen molar-refractivity contribution < 1.29 is 9.53 Å². The number of ether oxygens (including phenoxy) is 1. The number of carbonyl (C=O) groups excluding carboxylic acids is 1. The van der Waals surface area contributed by atoms with Gasteiger partial charge in [-0.25, -0.2) is 4.99 Å². The summed E-state index contributed by atoms with van der Waals surface area (Å²) in [6.45, 7) is 1.80. The molecule has 5 rings (SSSR count). The number of hydrogen-bond donors (Lipinski definition) is 1. The van der Waals surface area contributed by atoms with Crippen LogP contribution in [0.15, 0.2) is 99.9 Å². The van der Waals surface area contributed by atoms with Crippen molar-refractivity contribution in [2.45, 2.75) is 13.0 Å². The lowest BCUT2D eigenvalue weighted by Crippen LogP contribution is -2.40. The third kappa shape index (κ3) is 4.63. The Morgan fingerprint density at radius 1 is 1.06 bits per heavy atom. The molecule has 1 aliphatic heterocycles. The number of thiazole rings is 1. The van der Waals surface area contributed by atoms with Crippen LogP contribution in [0.1, 0.15) is 24.1 Å². The third-order valence-electron chi connectivity index (χ3n) is 5.90. The van der Waals surface area contributed by atoms with Gasteiger partial charge in [-0.2, -0.15) is 0 Å². The normalized spacial score (nSPS) is 15.3. The Morgan fingerprint density at radius 2 is 1.75 bits per heavy atom. The molecule has 2 heterocycles. The fourth-order valence-electron chi connectivity index (χ4n) is 4.14. The Kier molecular flexibility index (Phi) is 6.59. The van der Waals surface area contributed by atoms with Crippen LogP contribution in [0.4, 0.5) is 5.69 Å². The van der Waals surface area contributed by atoms with Crippen LogP contribution in [0.3, 0.4) is 0 Å². The first kappa shape index (κ1) is 23.8. The lowest BCUT2D eigenvalue weighted by atomic mass is 9.95. The number of nitrogens with one attached hydrogen (secondary N) is 1. The van der Waals surface area contributed by atoms with Gasteiger partial charge in [0.1, 0.15) is 5.75 Å². The number of nitrogens with zero attached hydrogens (tertiary/aromatic N) is 2. The second-order valence-electron chi connectivity index (χ2n) is 8.23. The third-order valence-corrected chi connectivity index (χ3v) is 7.13. The molecule has 0 saturated heterocycles. The number of allylic oxidation sites excluding steroid dienone is 1. The molecule has 1 aromatic heterocycles. The van der Waals surface area contributed by atoms with Gasteiger partial charge in [0.25, 0.3) is 11.5 Å². The number of anilines is 1. The van der Waals surface area contributed by atoms with Gasteiger partial charge in [0.2, 0.25) is 0 Å². The summed E-state index contributed by atoms with van der Waals surface area (Å²) in [7, 11) is 1.61. The smallest absolute Gasteiger partial charge is 0.271 e. The number of aromatic nitrogens is 1. The Morgan fingerprint density at radius 3 is 2.42 bits per heavy atom. The largest absolute Gasteiger partial charge is 0.497 e. The molecule has 8 heteroatoms. The van der Waals surface area contributed by atoms with E-state index in [0.717, 1.165) is 16.9 Å². The van der Waals surface area contributed by atoms with Gasteiger partial charge in [0.15, 0.2) is 4.80 Å². The molecule has 1 atom stereocenters. The lowest BCUT2D eigenvalue weighted by molar-refractivity contribution is -0.113. The Balaban J connectivity index is 1.65. The molecular weight excluding hydrogens is 494 g/mol. The minimum atomic E-state index is -0.653. The topological polar surface area (TPSA) is 72.7 Å². The van der Waals surface area contributed by atoms with Crippen molar-refractivity contribution in [3.8, 4) is 5.75 Å². The Bertz CT molecular complexity index is 1640. The number of carbonyl (C=O) groups is 1. The standard InChI is InChI=1S/C28H22ClN3O3S/c1-17-24(26(33)31-21-6-4-3-5-7-21)25(19-10-12-20(29)13-11-19)32-27(34)23(36-28(32)30-17)16-18-8-14-22(35-2)15-9-18/h3-16,25H,1-2H3,(H,31,33)/b23-16+/t25-/m0/s1. The second kappa shape index (κ2) is 9.97. The molecule has 0 saturated carbocycles. The molecule has 3 aromatic carbocycles. The molecule has 0 aliphatic carbocycles. The number of benzene rings is 3. The summed E-state index contributed by atoms with van der Waals surface area (Å²) in [5.74, 6) is 0.424. The maximum Gasteiger partial charge on any atom is 0.271 e. The van der Waals surface area contributed by atoms with E-state index in [1.54, 1.807) is 30.7 Å². The highest BCUT2D eigenvalue weighted by molar-refractivity contribution is 7.07. The van der Waals surface area contributed by atoms with Gasteiger partial charge in [-0.1, -0.05) is 65.4 Å². The lowest BCUT2D eigenvalue weighted by Gasteiger charge is -2.25. The Labute approximate surface area is 216 Å². The SMILES string of the molecule is COc1ccc(/C=c2/sc3n(c2=O)[C@@H](c2ccc(Cl)cc2)C(C(=O)Nc2ccccc2)=C(C)N=3)cc1. The van der Waals surface area contributed by atoms with Crippen LogP contribution in [-0.2, 0) is 4.79 Å². The van der Waals surface area contributed by atoms with Crippen molar-refractivity contribution in [2.75, 3.05) is 12.4 Å². The van der Waals surface area contributed by atoms with E-state index in [0.29, 0.717) is 31.3 Å². The molecule has 1 N–H and O–H groups in total.